The molecule has 1 rings (SSSR count). The van der Waals surface area contributed by atoms with Crippen molar-refractivity contribution in [2.45, 2.75) is 20.0 Å². The molecule has 0 aliphatic rings. The van der Waals surface area contributed by atoms with Crippen LogP contribution in [0.25, 0.3) is 0 Å². The first-order valence-electron chi connectivity index (χ1n) is 5.79. The quantitative estimate of drug-likeness (QED) is 0.468. The van der Waals surface area contributed by atoms with Gasteiger partial charge in [0.05, 0.1) is 16.6 Å². The van der Waals surface area contributed by atoms with E-state index in [1.165, 1.54) is 12.1 Å². The molecule has 0 aliphatic carbocycles. The molecule has 0 fully saturated rings. The second kappa shape index (κ2) is 7.39. The zero-order valence-corrected chi connectivity index (χ0v) is 12.8. The van der Waals surface area contributed by atoms with Gasteiger partial charge in [-0.05, 0) is 42.5 Å². The number of benzene rings is 1. The summed E-state index contributed by atoms with van der Waals surface area (Å²) in [5.74, 6) is -0.334. The third-order valence-electron chi connectivity index (χ3n) is 2.41. The van der Waals surface area contributed by atoms with E-state index in [0.717, 1.165) is 0 Å². The maximum absolute atomic E-state index is 12.0. The van der Waals surface area contributed by atoms with Crippen molar-refractivity contribution in [1.82, 2.24) is 5.32 Å². The Hall–Kier alpha value is -1.22. The highest BCUT2D eigenvalue weighted by atomic mass is 127. The highest BCUT2D eigenvalue weighted by Gasteiger charge is 2.15. The molecule has 0 saturated heterocycles. The van der Waals surface area contributed by atoms with Crippen molar-refractivity contribution >= 4 is 34.2 Å². The average Bonchev–Trinajstić information content (AvgIpc) is 2.36. The Kier molecular flexibility index (Phi) is 6.16. The lowest BCUT2D eigenvalue weighted by atomic mass is 10.2. The van der Waals surface area contributed by atoms with E-state index in [-0.39, 0.29) is 17.7 Å². The van der Waals surface area contributed by atoms with Gasteiger partial charge in [-0.1, -0.05) is 0 Å². The predicted molar refractivity (Wildman–Crippen MR) is 79.2 cm³/mol. The van der Waals surface area contributed by atoms with Gasteiger partial charge in [-0.3, -0.25) is 14.9 Å². The van der Waals surface area contributed by atoms with Gasteiger partial charge >= 0.3 is 0 Å². The number of rotatable bonds is 6. The van der Waals surface area contributed by atoms with Crippen LogP contribution in [0.5, 0.6) is 0 Å². The zero-order chi connectivity index (χ0) is 14.4. The van der Waals surface area contributed by atoms with E-state index in [2.05, 4.69) is 5.32 Å². The lowest BCUT2D eigenvalue weighted by Gasteiger charge is -2.13. The van der Waals surface area contributed by atoms with Crippen molar-refractivity contribution in [1.29, 1.82) is 0 Å². The number of ether oxygens (including phenoxy) is 1. The molecule has 1 N–H and O–H groups in total. The molecule has 1 aromatic carbocycles. The minimum Gasteiger partial charge on any atom is -0.377 e. The molecule has 0 bridgehead atoms. The molecule has 6 nitrogen and oxygen atoms in total. The van der Waals surface area contributed by atoms with E-state index >= 15 is 0 Å². The van der Waals surface area contributed by atoms with Gasteiger partial charge < -0.3 is 10.1 Å². The highest BCUT2D eigenvalue weighted by Crippen LogP contribution is 2.19. The van der Waals surface area contributed by atoms with Crippen LogP contribution in [-0.2, 0) is 4.74 Å². The Bertz CT molecular complexity index is 479. The van der Waals surface area contributed by atoms with Gasteiger partial charge in [0.1, 0.15) is 0 Å². The molecule has 1 amide bonds. The SMILES string of the molecule is CCOC(C)CNC(=O)c1cc([N+](=O)[O-])ccc1I. The Morgan fingerprint density at radius 1 is 1.58 bits per heavy atom. The van der Waals surface area contributed by atoms with Gasteiger partial charge in [0.25, 0.3) is 11.6 Å². The number of halogens is 1. The summed E-state index contributed by atoms with van der Waals surface area (Å²) in [6, 6.07) is 4.21. The predicted octanol–water partition coefficient (Wildman–Crippen LogP) is 2.35. The Balaban J connectivity index is 2.76. The Morgan fingerprint density at radius 3 is 2.84 bits per heavy atom. The molecule has 0 spiro atoms. The van der Waals surface area contributed by atoms with Gasteiger partial charge in [-0.25, -0.2) is 0 Å². The van der Waals surface area contributed by atoms with Crippen molar-refractivity contribution in [3.05, 3.63) is 37.4 Å². The first-order chi connectivity index (χ1) is 8.95. The molecule has 7 heteroatoms. The summed E-state index contributed by atoms with van der Waals surface area (Å²) in [4.78, 5) is 22.1. The van der Waals surface area contributed by atoms with Gasteiger partial charge in [0.2, 0.25) is 0 Å². The fourth-order valence-electron chi connectivity index (χ4n) is 1.48. The Labute approximate surface area is 124 Å². The van der Waals surface area contributed by atoms with Crippen LogP contribution >= 0.6 is 22.6 Å². The average molecular weight is 378 g/mol. The van der Waals surface area contributed by atoms with Gasteiger partial charge in [-0.2, -0.15) is 0 Å². The molecule has 0 radical (unpaired) electrons. The molecular formula is C12H15IN2O4. The van der Waals surface area contributed by atoms with Gasteiger partial charge in [0, 0.05) is 28.9 Å². The van der Waals surface area contributed by atoms with Gasteiger partial charge in [0.15, 0.2) is 0 Å². The summed E-state index contributed by atoms with van der Waals surface area (Å²) in [7, 11) is 0. The molecule has 0 aliphatic heterocycles. The zero-order valence-electron chi connectivity index (χ0n) is 10.7. The molecular weight excluding hydrogens is 363 g/mol. The van der Waals surface area contributed by atoms with Crippen LogP contribution in [0, 0.1) is 13.7 Å². The molecule has 1 aromatic rings. The van der Waals surface area contributed by atoms with Gasteiger partial charge in [-0.15, -0.1) is 0 Å². The van der Waals surface area contributed by atoms with E-state index in [4.69, 9.17) is 4.74 Å². The van der Waals surface area contributed by atoms with E-state index in [0.29, 0.717) is 22.3 Å². The van der Waals surface area contributed by atoms with Crippen molar-refractivity contribution in [2.75, 3.05) is 13.2 Å². The summed E-state index contributed by atoms with van der Waals surface area (Å²) < 4.78 is 5.97. The molecule has 19 heavy (non-hydrogen) atoms. The summed E-state index contributed by atoms with van der Waals surface area (Å²) in [5, 5.41) is 13.4. The first-order valence-corrected chi connectivity index (χ1v) is 6.87. The number of hydrogen-bond acceptors (Lipinski definition) is 4. The monoisotopic (exact) mass is 378 g/mol. The largest absolute Gasteiger partial charge is 0.377 e. The van der Waals surface area contributed by atoms with E-state index < -0.39 is 4.92 Å². The van der Waals surface area contributed by atoms with Crippen LogP contribution in [0.15, 0.2) is 18.2 Å². The lowest BCUT2D eigenvalue weighted by Crippen LogP contribution is -2.32. The van der Waals surface area contributed by atoms with Crippen LogP contribution < -0.4 is 5.32 Å². The molecule has 0 aromatic heterocycles. The van der Waals surface area contributed by atoms with Crippen LogP contribution in [0.4, 0.5) is 5.69 Å². The normalized spacial score (nSPS) is 11.9. The number of non-ortho nitro benzene ring substituents is 1. The number of nitrogens with zero attached hydrogens (tertiary/aromatic N) is 1. The van der Waals surface area contributed by atoms with Crippen LogP contribution in [-0.4, -0.2) is 30.1 Å². The fourth-order valence-corrected chi connectivity index (χ4v) is 2.06. The number of carbonyl (C=O) groups excluding carboxylic acids is 1. The number of nitro groups is 1. The van der Waals surface area contributed by atoms with Crippen LogP contribution in [0.3, 0.4) is 0 Å². The van der Waals surface area contributed by atoms with E-state index in [9.17, 15) is 14.9 Å². The molecule has 104 valence electrons. The van der Waals surface area contributed by atoms with Crippen LogP contribution in [0.2, 0.25) is 0 Å². The second-order valence-electron chi connectivity index (χ2n) is 3.90. The highest BCUT2D eigenvalue weighted by molar-refractivity contribution is 14.1. The maximum Gasteiger partial charge on any atom is 0.270 e. The second-order valence-corrected chi connectivity index (χ2v) is 5.06. The van der Waals surface area contributed by atoms with Crippen molar-refractivity contribution in [3.63, 3.8) is 0 Å². The topological polar surface area (TPSA) is 81.5 Å². The summed E-state index contributed by atoms with van der Waals surface area (Å²) >= 11 is 1.97. The molecule has 0 heterocycles. The number of nitro benzene ring substituents is 1. The van der Waals surface area contributed by atoms with Crippen molar-refractivity contribution in [2.24, 2.45) is 0 Å². The smallest absolute Gasteiger partial charge is 0.270 e. The lowest BCUT2D eigenvalue weighted by molar-refractivity contribution is -0.384. The summed E-state index contributed by atoms with van der Waals surface area (Å²) in [6.45, 7) is 4.67. The number of carbonyl (C=O) groups is 1. The summed E-state index contributed by atoms with van der Waals surface area (Å²) in [6.07, 6.45) is -0.0923. The van der Waals surface area contributed by atoms with Crippen LogP contribution in [0.1, 0.15) is 24.2 Å². The molecule has 1 atom stereocenters. The van der Waals surface area contributed by atoms with E-state index in [1.54, 1.807) is 6.07 Å². The minimum atomic E-state index is -0.518. The number of amides is 1. The Morgan fingerprint density at radius 2 is 2.26 bits per heavy atom. The minimum absolute atomic E-state index is 0.0923. The standard InChI is InChI=1S/C12H15IN2O4/c1-3-19-8(2)7-14-12(16)10-6-9(15(17)18)4-5-11(10)13/h4-6,8H,3,7H2,1-2H3,(H,14,16). The molecule has 0 saturated carbocycles. The third-order valence-corrected chi connectivity index (χ3v) is 3.35. The molecule has 1 unspecified atom stereocenters. The third kappa shape index (κ3) is 4.75. The van der Waals surface area contributed by atoms with Crippen molar-refractivity contribution < 1.29 is 14.5 Å². The van der Waals surface area contributed by atoms with Crippen molar-refractivity contribution in [3.8, 4) is 0 Å². The maximum atomic E-state index is 12.0. The first kappa shape index (κ1) is 15.8. The summed E-state index contributed by atoms with van der Waals surface area (Å²) in [5.41, 5.74) is 0.210. The van der Waals surface area contributed by atoms with E-state index in [1.807, 2.05) is 36.4 Å². The number of hydrogen-bond donors (Lipinski definition) is 1. The fraction of sp³-hybridized carbons (Fsp3) is 0.417. The number of nitrogens with one attached hydrogen (secondary N) is 1.